The third-order valence-electron chi connectivity index (χ3n) is 4.25. The summed E-state index contributed by atoms with van der Waals surface area (Å²) in [6, 6.07) is 10.2. The minimum Gasteiger partial charge on any atom is -0.493 e. The molecule has 3 aromatic rings. The summed E-state index contributed by atoms with van der Waals surface area (Å²) in [7, 11) is 6.09. The normalized spacial score (nSPS) is 10.6. The van der Waals surface area contributed by atoms with E-state index >= 15 is 0 Å². The van der Waals surface area contributed by atoms with E-state index < -0.39 is 10.9 Å². The fraction of sp³-hybridized carbons (Fsp3) is 0.200. The molecule has 0 spiro atoms. The molecule has 6 nitrogen and oxygen atoms in total. The monoisotopic (exact) mass is 354 g/mol. The minimum absolute atomic E-state index is 0.350. The lowest BCUT2D eigenvalue weighted by Crippen LogP contribution is -2.35. The molecule has 0 aliphatic carbocycles. The predicted molar refractivity (Wildman–Crippen MR) is 98.4 cm³/mol. The third kappa shape index (κ3) is 2.69. The Balaban J connectivity index is 2.15. The van der Waals surface area contributed by atoms with Gasteiger partial charge in [-0.3, -0.25) is 9.59 Å². The topological polar surface area (TPSA) is 71.1 Å². The van der Waals surface area contributed by atoms with Gasteiger partial charge in [0.15, 0.2) is 23.0 Å². The van der Waals surface area contributed by atoms with Crippen LogP contribution < -0.4 is 29.8 Å². The van der Waals surface area contributed by atoms with E-state index in [2.05, 4.69) is 0 Å². The van der Waals surface area contributed by atoms with Gasteiger partial charge in [0, 0.05) is 11.1 Å². The maximum absolute atomic E-state index is 12.2. The Morgan fingerprint density at radius 3 is 1.19 bits per heavy atom. The summed E-state index contributed by atoms with van der Waals surface area (Å²) in [4.78, 5) is 24.5. The highest BCUT2D eigenvalue weighted by molar-refractivity contribution is 5.88. The molecule has 3 rings (SSSR count). The SMILES string of the molecule is COc1ccc(-c2c(-c3ccc(OC)c(OC)c3)c(=O)c2=O)cc1OC. The Morgan fingerprint density at radius 2 is 0.885 bits per heavy atom. The van der Waals surface area contributed by atoms with E-state index in [-0.39, 0.29) is 0 Å². The molecule has 0 unspecified atom stereocenters. The zero-order chi connectivity index (χ0) is 18.8. The number of methoxy groups -OCH3 is 4. The third-order valence-corrected chi connectivity index (χ3v) is 4.25. The standard InChI is InChI=1S/C20H18O6/c1-23-13-7-5-11(9-15(13)25-3)17-18(20(22)19(17)21)12-6-8-14(24-2)16(10-12)26-4/h5-10H,1-4H3. The second kappa shape index (κ2) is 6.92. The Labute approximate surface area is 150 Å². The minimum atomic E-state index is -0.526. The second-order valence-corrected chi connectivity index (χ2v) is 5.55. The van der Waals surface area contributed by atoms with Gasteiger partial charge in [0.2, 0.25) is 10.9 Å². The van der Waals surface area contributed by atoms with Crippen molar-refractivity contribution in [1.82, 2.24) is 0 Å². The van der Waals surface area contributed by atoms with E-state index in [1.807, 2.05) is 0 Å². The Hall–Kier alpha value is -3.28. The molecule has 0 aromatic heterocycles. The number of ether oxygens (including phenoxy) is 4. The van der Waals surface area contributed by atoms with Crippen LogP contribution in [-0.2, 0) is 0 Å². The fourth-order valence-electron chi connectivity index (χ4n) is 2.93. The van der Waals surface area contributed by atoms with Crippen LogP contribution in [0.15, 0.2) is 46.0 Å². The highest BCUT2D eigenvalue weighted by atomic mass is 16.5. The Kier molecular flexibility index (Phi) is 4.67. The van der Waals surface area contributed by atoms with Crippen molar-refractivity contribution in [3.8, 4) is 45.3 Å². The second-order valence-electron chi connectivity index (χ2n) is 5.55. The molecular formula is C20H18O6. The van der Waals surface area contributed by atoms with Crippen LogP contribution >= 0.6 is 0 Å². The molecule has 26 heavy (non-hydrogen) atoms. The summed E-state index contributed by atoms with van der Waals surface area (Å²) >= 11 is 0. The van der Waals surface area contributed by atoms with E-state index in [1.165, 1.54) is 28.4 Å². The lowest BCUT2D eigenvalue weighted by atomic mass is 9.89. The van der Waals surface area contributed by atoms with Crippen LogP contribution in [0.2, 0.25) is 0 Å². The molecule has 0 atom stereocenters. The van der Waals surface area contributed by atoms with Crippen LogP contribution in [0.4, 0.5) is 0 Å². The Bertz CT molecular complexity index is 944. The van der Waals surface area contributed by atoms with Crippen molar-refractivity contribution in [1.29, 1.82) is 0 Å². The van der Waals surface area contributed by atoms with Gasteiger partial charge in [0.25, 0.3) is 0 Å². The molecular weight excluding hydrogens is 336 g/mol. The maximum Gasteiger partial charge on any atom is 0.234 e. The molecule has 6 heteroatoms. The van der Waals surface area contributed by atoms with Crippen molar-refractivity contribution in [2.45, 2.75) is 0 Å². The zero-order valence-electron chi connectivity index (χ0n) is 14.9. The van der Waals surface area contributed by atoms with Crippen molar-refractivity contribution in [2.75, 3.05) is 28.4 Å². The molecule has 0 N–H and O–H groups in total. The molecule has 3 aromatic carbocycles. The van der Waals surface area contributed by atoms with E-state index in [0.29, 0.717) is 45.3 Å². The molecule has 0 amide bonds. The van der Waals surface area contributed by atoms with Gasteiger partial charge in [-0.1, -0.05) is 12.1 Å². The largest absolute Gasteiger partial charge is 0.493 e. The summed E-state index contributed by atoms with van der Waals surface area (Å²) < 4.78 is 21.0. The average Bonchev–Trinajstić information content (AvgIpc) is 2.70. The maximum atomic E-state index is 12.2. The van der Waals surface area contributed by atoms with Crippen molar-refractivity contribution in [3.63, 3.8) is 0 Å². The lowest BCUT2D eigenvalue weighted by molar-refractivity contribution is 0.355. The Morgan fingerprint density at radius 1 is 0.538 bits per heavy atom. The van der Waals surface area contributed by atoms with Crippen LogP contribution in [0.3, 0.4) is 0 Å². The first-order chi connectivity index (χ1) is 12.5. The first-order valence-electron chi connectivity index (χ1n) is 7.83. The summed E-state index contributed by atoms with van der Waals surface area (Å²) in [6.45, 7) is 0. The van der Waals surface area contributed by atoms with Gasteiger partial charge in [0.1, 0.15) is 0 Å². The summed E-state index contributed by atoms with van der Waals surface area (Å²) in [5.74, 6) is 2.05. The quantitative estimate of drug-likeness (QED) is 0.634. The van der Waals surface area contributed by atoms with Crippen molar-refractivity contribution in [3.05, 3.63) is 56.8 Å². The summed E-state index contributed by atoms with van der Waals surface area (Å²) in [5, 5.41) is 0. The van der Waals surface area contributed by atoms with Gasteiger partial charge in [-0.2, -0.15) is 0 Å². The number of rotatable bonds is 6. The molecule has 134 valence electrons. The van der Waals surface area contributed by atoms with Gasteiger partial charge in [-0.25, -0.2) is 0 Å². The highest BCUT2D eigenvalue weighted by Gasteiger charge is 2.25. The molecule has 0 aliphatic rings. The predicted octanol–water partition coefficient (Wildman–Crippen LogP) is 2.65. The number of hydrogen-bond acceptors (Lipinski definition) is 6. The van der Waals surface area contributed by atoms with Gasteiger partial charge < -0.3 is 18.9 Å². The van der Waals surface area contributed by atoms with Gasteiger partial charge in [-0.05, 0) is 35.4 Å². The highest BCUT2D eigenvalue weighted by Crippen LogP contribution is 2.37. The number of benzene rings is 2. The van der Waals surface area contributed by atoms with Gasteiger partial charge >= 0.3 is 0 Å². The van der Waals surface area contributed by atoms with E-state index in [1.54, 1.807) is 36.4 Å². The average molecular weight is 354 g/mol. The fourth-order valence-corrected chi connectivity index (χ4v) is 2.93. The summed E-state index contributed by atoms with van der Waals surface area (Å²) in [5.41, 5.74) is 0.837. The number of hydrogen-bond donors (Lipinski definition) is 0. The van der Waals surface area contributed by atoms with Crippen LogP contribution in [0, 0.1) is 0 Å². The van der Waals surface area contributed by atoms with Crippen LogP contribution in [0.25, 0.3) is 22.3 Å². The zero-order valence-corrected chi connectivity index (χ0v) is 14.9. The molecule has 0 bridgehead atoms. The van der Waals surface area contributed by atoms with Crippen molar-refractivity contribution >= 4 is 0 Å². The van der Waals surface area contributed by atoms with Crippen molar-refractivity contribution in [2.24, 2.45) is 0 Å². The van der Waals surface area contributed by atoms with Gasteiger partial charge in [-0.15, -0.1) is 0 Å². The molecule has 0 aliphatic heterocycles. The molecule has 0 radical (unpaired) electrons. The smallest absolute Gasteiger partial charge is 0.234 e. The first-order valence-corrected chi connectivity index (χ1v) is 7.83. The van der Waals surface area contributed by atoms with E-state index in [4.69, 9.17) is 18.9 Å². The lowest BCUT2D eigenvalue weighted by Gasteiger charge is -2.15. The van der Waals surface area contributed by atoms with Crippen LogP contribution in [-0.4, -0.2) is 28.4 Å². The van der Waals surface area contributed by atoms with Crippen LogP contribution in [0.5, 0.6) is 23.0 Å². The van der Waals surface area contributed by atoms with Gasteiger partial charge in [0.05, 0.1) is 28.4 Å². The van der Waals surface area contributed by atoms with E-state index in [0.717, 1.165) is 0 Å². The molecule has 0 saturated heterocycles. The van der Waals surface area contributed by atoms with E-state index in [9.17, 15) is 9.59 Å². The van der Waals surface area contributed by atoms with Crippen molar-refractivity contribution < 1.29 is 18.9 Å². The molecule has 0 saturated carbocycles. The molecule has 0 fully saturated rings. The summed E-state index contributed by atoms with van der Waals surface area (Å²) in [6.07, 6.45) is 0. The first kappa shape index (κ1) is 17.5. The van der Waals surface area contributed by atoms with Crippen LogP contribution in [0.1, 0.15) is 0 Å². The molecule has 0 heterocycles.